The second kappa shape index (κ2) is 12.3. The quantitative estimate of drug-likeness (QED) is 0.342. The third-order valence-electron chi connectivity index (χ3n) is 5.26. The standard InChI is InChI=1S/C21H36O3/c1-3-4-5-6-7-8-12-18-14-15-20(22)19(18)16-17(2)11-9-10-13-21(23)24/h8,12,17-19H,3-7,9-11,13-16H2,1-2H3,(H,23,24)/t17?,18-,19+/m0/s1. The van der Waals surface area contributed by atoms with Crippen molar-refractivity contribution in [2.24, 2.45) is 17.8 Å². The second-order valence-corrected chi connectivity index (χ2v) is 7.53. The molecule has 0 radical (unpaired) electrons. The van der Waals surface area contributed by atoms with E-state index in [4.69, 9.17) is 5.11 Å². The maximum absolute atomic E-state index is 12.2. The molecule has 0 bridgehead atoms. The summed E-state index contributed by atoms with van der Waals surface area (Å²) in [5.74, 6) is 0.869. The van der Waals surface area contributed by atoms with Crippen molar-refractivity contribution in [2.75, 3.05) is 0 Å². The van der Waals surface area contributed by atoms with Gasteiger partial charge in [0.2, 0.25) is 0 Å². The molecule has 0 aromatic rings. The number of Topliss-reactive ketones (excluding diaryl/α,β-unsaturated/α-hetero) is 1. The van der Waals surface area contributed by atoms with Crippen LogP contribution < -0.4 is 0 Å². The van der Waals surface area contributed by atoms with Gasteiger partial charge in [-0.05, 0) is 43.9 Å². The van der Waals surface area contributed by atoms with Crippen molar-refractivity contribution in [1.82, 2.24) is 0 Å². The number of carbonyl (C=O) groups excluding carboxylic acids is 1. The van der Waals surface area contributed by atoms with E-state index in [9.17, 15) is 9.59 Å². The Morgan fingerprint density at radius 2 is 2.04 bits per heavy atom. The molecular weight excluding hydrogens is 300 g/mol. The highest BCUT2D eigenvalue weighted by Gasteiger charge is 2.33. The van der Waals surface area contributed by atoms with E-state index in [1.807, 2.05) is 0 Å². The molecule has 1 saturated carbocycles. The molecule has 1 aliphatic rings. The highest BCUT2D eigenvalue weighted by atomic mass is 16.4. The average molecular weight is 337 g/mol. The van der Waals surface area contributed by atoms with Crippen LogP contribution in [0.5, 0.6) is 0 Å². The molecule has 1 aliphatic carbocycles. The molecule has 0 saturated heterocycles. The number of ketones is 1. The maximum atomic E-state index is 12.2. The Hall–Kier alpha value is -1.12. The molecule has 0 heterocycles. The van der Waals surface area contributed by atoms with Crippen LogP contribution >= 0.6 is 0 Å². The van der Waals surface area contributed by atoms with Crippen LogP contribution in [0.2, 0.25) is 0 Å². The second-order valence-electron chi connectivity index (χ2n) is 7.53. The Morgan fingerprint density at radius 1 is 1.25 bits per heavy atom. The fourth-order valence-electron chi connectivity index (χ4n) is 3.75. The van der Waals surface area contributed by atoms with Gasteiger partial charge in [-0.3, -0.25) is 9.59 Å². The Kier molecular flexibility index (Phi) is 10.7. The van der Waals surface area contributed by atoms with Crippen molar-refractivity contribution in [1.29, 1.82) is 0 Å². The van der Waals surface area contributed by atoms with Crippen molar-refractivity contribution in [3.8, 4) is 0 Å². The van der Waals surface area contributed by atoms with Gasteiger partial charge in [0.15, 0.2) is 0 Å². The van der Waals surface area contributed by atoms with Crippen LogP contribution in [0.4, 0.5) is 0 Å². The minimum Gasteiger partial charge on any atom is -0.481 e. The molecule has 1 rings (SSSR count). The molecule has 0 aliphatic heterocycles. The van der Waals surface area contributed by atoms with E-state index in [0.29, 0.717) is 17.6 Å². The summed E-state index contributed by atoms with van der Waals surface area (Å²) in [6.07, 6.45) is 16.6. The van der Waals surface area contributed by atoms with Crippen molar-refractivity contribution >= 4 is 11.8 Å². The van der Waals surface area contributed by atoms with E-state index >= 15 is 0 Å². The first kappa shape index (κ1) is 20.9. The molecule has 0 amide bonds. The lowest BCUT2D eigenvalue weighted by molar-refractivity contribution is -0.137. The highest BCUT2D eigenvalue weighted by Crippen LogP contribution is 2.35. The topological polar surface area (TPSA) is 54.4 Å². The Labute approximate surface area is 147 Å². The summed E-state index contributed by atoms with van der Waals surface area (Å²) in [6.45, 7) is 4.44. The molecule has 0 spiro atoms. The van der Waals surface area contributed by atoms with E-state index in [0.717, 1.165) is 44.9 Å². The monoisotopic (exact) mass is 336 g/mol. The van der Waals surface area contributed by atoms with Crippen LogP contribution in [0.3, 0.4) is 0 Å². The Balaban J connectivity index is 2.30. The number of hydrogen-bond acceptors (Lipinski definition) is 2. The first-order valence-electron chi connectivity index (χ1n) is 9.95. The van der Waals surface area contributed by atoms with Gasteiger partial charge in [-0.15, -0.1) is 0 Å². The number of unbranched alkanes of at least 4 members (excludes halogenated alkanes) is 5. The molecule has 3 heteroatoms. The van der Waals surface area contributed by atoms with E-state index in [1.54, 1.807) is 0 Å². The normalized spacial score (nSPS) is 22.3. The third-order valence-corrected chi connectivity index (χ3v) is 5.26. The number of carbonyl (C=O) groups is 2. The van der Waals surface area contributed by atoms with Gasteiger partial charge in [-0.1, -0.05) is 58.1 Å². The fraction of sp³-hybridized carbons (Fsp3) is 0.810. The first-order chi connectivity index (χ1) is 11.5. The Morgan fingerprint density at radius 3 is 2.75 bits per heavy atom. The van der Waals surface area contributed by atoms with E-state index in [1.165, 1.54) is 25.7 Å². The van der Waals surface area contributed by atoms with Crippen LogP contribution in [0.25, 0.3) is 0 Å². The Bertz CT molecular complexity index is 400. The molecule has 0 aromatic carbocycles. The van der Waals surface area contributed by atoms with Gasteiger partial charge in [-0.25, -0.2) is 0 Å². The van der Waals surface area contributed by atoms with E-state index in [-0.39, 0.29) is 12.3 Å². The number of allylic oxidation sites excluding steroid dienone is 2. The van der Waals surface area contributed by atoms with Crippen LogP contribution in [0, 0.1) is 17.8 Å². The third kappa shape index (κ3) is 8.65. The summed E-state index contributed by atoms with van der Waals surface area (Å²) in [5, 5.41) is 8.68. The van der Waals surface area contributed by atoms with Gasteiger partial charge >= 0.3 is 5.97 Å². The molecule has 24 heavy (non-hydrogen) atoms. The zero-order valence-electron chi connectivity index (χ0n) is 15.6. The van der Waals surface area contributed by atoms with Crippen molar-refractivity contribution in [2.45, 2.75) is 90.9 Å². The molecule has 3 nitrogen and oxygen atoms in total. The lowest BCUT2D eigenvalue weighted by atomic mass is 9.84. The minimum atomic E-state index is -0.710. The molecule has 1 unspecified atom stereocenters. The van der Waals surface area contributed by atoms with Gasteiger partial charge in [0.1, 0.15) is 5.78 Å². The minimum absolute atomic E-state index is 0.200. The van der Waals surface area contributed by atoms with Crippen molar-refractivity contribution < 1.29 is 14.7 Å². The summed E-state index contributed by atoms with van der Waals surface area (Å²) in [5.41, 5.74) is 0. The predicted molar refractivity (Wildman–Crippen MR) is 99.0 cm³/mol. The zero-order chi connectivity index (χ0) is 17.8. The van der Waals surface area contributed by atoms with Gasteiger partial charge in [0.25, 0.3) is 0 Å². The molecule has 1 fully saturated rings. The van der Waals surface area contributed by atoms with Crippen LogP contribution in [-0.2, 0) is 9.59 Å². The first-order valence-corrected chi connectivity index (χ1v) is 9.95. The van der Waals surface area contributed by atoms with Crippen molar-refractivity contribution in [3.05, 3.63) is 12.2 Å². The number of carboxylic acids is 1. The summed E-state index contributed by atoms with van der Waals surface area (Å²) < 4.78 is 0. The number of carboxylic acid groups (broad SMARTS) is 1. The average Bonchev–Trinajstić information content (AvgIpc) is 2.88. The predicted octanol–water partition coefficient (Wildman–Crippen LogP) is 5.78. The fourth-order valence-corrected chi connectivity index (χ4v) is 3.75. The van der Waals surface area contributed by atoms with E-state index < -0.39 is 5.97 Å². The SMILES string of the molecule is CCCCCCC=C[C@H]1CCC(=O)[C@@H]1CC(C)CCCCC(=O)O. The maximum Gasteiger partial charge on any atom is 0.303 e. The summed E-state index contributed by atoms with van der Waals surface area (Å²) in [7, 11) is 0. The van der Waals surface area contributed by atoms with Gasteiger partial charge in [0, 0.05) is 18.8 Å². The number of aliphatic carboxylic acids is 1. The molecule has 138 valence electrons. The number of rotatable bonds is 13. The van der Waals surface area contributed by atoms with Crippen molar-refractivity contribution in [3.63, 3.8) is 0 Å². The smallest absolute Gasteiger partial charge is 0.303 e. The highest BCUT2D eigenvalue weighted by molar-refractivity contribution is 5.83. The largest absolute Gasteiger partial charge is 0.481 e. The molecular formula is C21H36O3. The molecule has 3 atom stereocenters. The van der Waals surface area contributed by atoms with Gasteiger partial charge in [0.05, 0.1) is 0 Å². The zero-order valence-corrected chi connectivity index (χ0v) is 15.6. The van der Waals surface area contributed by atoms with Gasteiger partial charge < -0.3 is 5.11 Å². The summed E-state index contributed by atoms with van der Waals surface area (Å²) in [4.78, 5) is 22.7. The molecule has 0 aromatic heterocycles. The van der Waals surface area contributed by atoms with Gasteiger partial charge in [-0.2, -0.15) is 0 Å². The van der Waals surface area contributed by atoms with Crippen LogP contribution in [-0.4, -0.2) is 16.9 Å². The summed E-state index contributed by atoms with van der Waals surface area (Å²) >= 11 is 0. The molecule has 1 N–H and O–H groups in total. The van der Waals surface area contributed by atoms with Crippen LogP contribution in [0.1, 0.15) is 90.9 Å². The summed E-state index contributed by atoms with van der Waals surface area (Å²) in [6, 6.07) is 0. The van der Waals surface area contributed by atoms with E-state index in [2.05, 4.69) is 26.0 Å². The lowest BCUT2D eigenvalue weighted by Gasteiger charge is -2.19. The lowest BCUT2D eigenvalue weighted by Crippen LogP contribution is -2.17. The van der Waals surface area contributed by atoms with Crippen LogP contribution in [0.15, 0.2) is 12.2 Å². The number of hydrogen-bond donors (Lipinski definition) is 1.